The number of benzene rings is 1. The monoisotopic (exact) mass is 419 g/mol. The average molecular weight is 420 g/mol. The summed E-state index contributed by atoms with van der Waals surface area (Å²) in [5.74, 6) is 0.410. The number of hydrogen-bond acceptors (Lipinski definition) is 4. The fourth-order valence-corrected chi connectivity index (χ4v) is 4.05. The summed E-state index contributed by atoms with van der Waals surface area (Å²) in [5.41, 5.74) is 5.02. The molecule has 164 valence electrons. The Kier molecular flexibility index (Phi) is 6.10. The number of amides is 1. The molecule has 0 bridgehead atoms. The first kappa shape index (κ1) is 21.5. The van der Waals surface area contributed by atoms with E-state index in [-0.39, 0.29) is 18.0 Å². The van der Waals surface area contributed by atoms with Crippen LogP contribution in [-0.2, 0) is 6.42 Å². The van der Waals surface area contributed by atoms with Crippen LogP contribution in [0.15, 0.2) is 36.5 Å². The maximum atomic E-state index is 13.3. The summed E-state index contributed by atoms with van der Waals surface area (Å²) in [5, 5.41) is 8.51. The third-order valence-electron chi connectivity index (χ3n) is 6.17. The van der Waals surface area contributed by atoms with Crippen LogP contribution in [0.2, 0.25) is 0 Å². The second-order valence-corrected chi connectivity index (χ2v) is 9.07. The number of rotatable bonds is 8. The van der Waals surface area contributed by atoms with Crippen molar-refractivity contribution in [2.75, 3.05) is 20.6 Å². The number of carbonyl (C=O) groups excluding carboxylic acids is 1. The van der Waals surface area contributed by atoms with Gasteiger partial charge in [0.25, 0.3) is 5.91 Å². The van der Waals surface area contributed by atoms with Gasteiger partial charge in [0.05, 0.1) is 23.2 Å². The van der Waals surface area contributed by atoms with Crippen LogP contribution in [0.3, 0.4) is 0 Å². The Morgan fingerprint density at radius 1 is 1.23 bits per heavy atom. The Morgan fingerprint density at radius 3 is 2.52 bits per heavy atom. The molecule has 6 nitrogen and oxygen atoms in total. The van der Waals surface area contributed by atoms with Gasteiger partial charge < -0.3 is 10.2 Å². The van der Waals surface area contributed by atoms with Crippen molar-refractivity contribution in [3.63, 3.8) is 0 Å². The summed E-state index contributed by atoms with van der Waals surface area (Å²) in [6.07, 6.45) is 5.09. The van der Waals surface area contributed by atoms with Gasteiger partial charge in [0.15, 0.2) is 5.65 Å². The number of fused-ring (bicyclic) bond motifs is 1. The predicted molar refractivity (Wildman–Crippen MR) is 124 cm³/mol. The van der Waals surface area contributed by atoms with E-state index in [0.29, 0.717) is 18.0 Å². The van der Waals surface area contributed by atoms with Crippen molar-refractivity contribution in [1.82, 2.24) is 25.0 Å². The molecule has 1 atom stereocenters. The lowest BCUT2D eigenvalue weighted by atomic mass is 10.0. The van der Waals surface area contributed by atoms with Gasteiger partial charge in [-0.05, 0) is 64.4 Å². The Balaban J connectivity index is 1.59. The zero-order valence-electron chi connectivity index (χ0n) is 19.2. The van der Waals surface area contributed by atoms with Gasteiger partial charge in [-0.2, -0.15) is 5.10 Å². The smallest absolute Gasteiger partial charge is 0.252 e. The number of likely N-dealkylation sites (N-methyl/N-ethyl adjacent to an activating group) is 1. The van der Waals surface area contributed by atoms with Crippen LogP contribution in [0.5, 0.6) is 0 Å². The molecule has 1 N–H and O–H groups in total. The van der Waals surface area contributed by atoms with Gasteiger partial charge in [0.2, 0.25) is 0 Å². The molecule has 1 aliphatic carbocycles. The van der Waals surface area contributed by atoms with Crippen molar-refractivity contribution >= 4 is 16.9 Å². The minimum absolute atomic E-state index is 0.0605. The highest BCUT2D eigenvalue weighted by molar-refractivity contribution is 6.05. The Hall–Kier alpha value is -2.73. The van der Waals surface area contributed by atoms with E-state index in [1.54, 1.807) is 6.20 Å². The Labute approximate surface area is 184 Å². The van der Waals surface area contributed by atoms with E-state index < -0.39 is 0 Å². The molecule has 31 heavy (non-hydrogen) atoms. The van der Waals surface area contributed by atoms with E-state index in [4.69, 9.17) is 4.98 Å². The molecule has 2 aromatic heterocycles. The van der Waals surface area contributed by atoms with Crippen molar-refractivity contribution < 1.29 is 4.79 Å². The van der Waals surface area contributed by atoms with Crippen molar-refractivity contribution in [3.8, 4) is 0 Å². The molecule has 1 fully saturated rings. The molecule has 1 amide bonds. The van der Waals surface area contributed by atoms with E-state index in [2.05, 4.69) is 60.4 Å². The molecule has 1 unspecified atom stereocenters. The van der Waals surface area contributed by atoms with Gasteiger partial charge in [-0.25, -0.2) is 9.67 Å². The molecular formula is C25H33N5O. The highest BCUT2D eigenvalue weighted by Gasteiger charge is 2.28. The van der Waals surface area contributed by atoms with Gasteiger partial charge >= 0.3 is 0 Å². The number of nitrogens with zero attached hydrogens (tertiary/aromatic N) is 4. The standard InChI is InChI=1S/C25H33N5O/c1-6-17-7-9-19(10-8-17)23(29(4)5)15-26-25(31)20-13-22(18-11-12-18)28-24-21(20)14-27-30(24)16(2)3/h7-10,13-14,16,18,23H,6,11-12,15H2,1-5H3,(H,26,31). The first-order chi connectivity index (χ1) is 14.9. The summed E-state index contributed by atoms with van der Waals surface area (Å²) >= 11 is 0. The Morgan fingerprint density at radius 2 is 1.94 bits per heavy atom. The van der Waals surface area contributed by atoms with Crippen molar-refractivity contribution in [3.05, 3.63) is 58.9 Å². The first-order valence-electron chi connectivity index (χ1n) is 11.3. The van der Waals surface area contributed by atoms with E-state index in [1.165, 1.54) is 11.1 Å². The fraction of sp³-hybridized carbons (Fsp3) is 0.480. The van der Waals surface area contributed by atoms with Crippen molar-refractivity contribution in [2.45, 2.75) is 58.0 Å². The van der Waals surface area contributed by atoms with Gasteiger partial charge in [0, 0.05) is 24.2 Å². The highest BCUT2D eigenvalue weighted by atomic mass is 16.1. The number of hydrogen-bond donors (Lipinski definition) is 1. The molecule has 0 spiro atoms. The molecule has 3 aromatic rings. The van der Waals surface area contributed by atoms with Crippen LogP contribution in [0.1, 0.15) is 78.8 Å². The predicted octanol–water partition coefficient (Wildman–Crippen LogP) is 4.48. The van der Waals surface area contributed by atoms with Gasteiger partial charge in [-0.1, -0.05) is 31.2 Å². The topological polar surface area (TPSA) is 63.1 Å². The summed E-state index contributed by atoms with van der Waals surface area (Å²) in [6, 6.07) is 10.9. The van der Waals surface area contributed by atoms with Gasteiger partial charge in [-0.15, -0.1) is 0 Å². The van der Waals surface area contributed by atoms with E-state index in [0.717, 1.165) is 36.0 Å². The van der Waals surface area contributed by atoms with Crippen LogP contribution in [-0.4, -0.2) is 46.2 Å². The summed E-state index contributed by atoms with van der Waals surface area (Å²) in [4.78, 5) is 20.3. The molecule has 0 saturated heterocycles. The Bertz CT molecular complexity index is 1060. The zero-order valence-corrected chi connectivity index (χ0v) is 19.2. The number of pyridine rings is 1. The lowest BCUT2D eigenvalue weighted by Crippen LogP contribution is -2.34. The maximum Gasteiger partial charge on any atom is 0.252 e. The molecule has 4 rings (SSSR count). The highest BCUT2D eigenvalue weighted by Crippen LogP contribution is 2.40. The third-order valence-corrected chi connectivity index (χ3v) is 6.17. The van der Waals surface area contributed by atoms with Gasteiger partial charge in [-0.3, -0.25) is 4.79 Å². The number of aromatic nitrogens is 3. The largest absolute Gasteiger partial charge is 0.350 e. The minimum atomic E-state index is -0.0605. The molecule has 0 aliphatic heterocycles. The average Bonchev–Trinajstić information content (AvgIpc) is 3.51. The molecule has 1 saturated carbocycles. The van der Waals surface area contributed by atoms with E-state index in [9.17, 15) is 4.79 Å². The zero-order chi connectivity index (χ0) is 22.1. The van der Waals surface area contributed by atoms with Crippen LogP contribution >= 0.6 is 0 Å². The van der Waals surface area contributed by atoms with Gasteiger partial charge in [0.1, 0.15) is 0 Å². The van der Waals surface area contributed by atoms with Crippen LogP contribution in [0.25, 0.3) is 11.0 Å². The maximum absolute atomic E-state index is 13.3. The summed E-state index contributed by atoms with van der Waals surface area (Å²) < 4.78 is 1.91. The fourth-order valence-electron chi connectivity index (χ4n) is 4.05. The van der Waals surface area contributed by atoms with Crippen molar-refractivity contribution in [2.24, 2.45) is 0 Å². The minimum Gasteiger partial charge on any atom is -0.350 e. The molecule has 6 heteroatoms. The normalized spacial score (nSPS) is 15.1. The molecule has 1 aromatic carbocycles. The molecule has 1 aliphatic rings. The lowest BCUT2D eigenvalue weighted by molar-refractivity contribution is 0.0943. The second kappa shape index (κ2) is 8.79. The summed E-state index contributed by atoms with van der Waals surface area (Å²) in [7, 11) is 4.10. The summed E-state index contributed by atoms with van der Waals surface area (Å²) in [6.45, 7) is 6.87. The number of nitrogens with one attached hydrogen (secondary N) is 1. The number of carbonyl (C=O) groups is 1. The first-order valence-corrected chi connectivity index (χ1v) is 11.3. The van der Waals surface area contributed by atoms with E-state index in [1.807, 2.05) is 24.8 Å². The molecule has 0 radical (unpaired) electrons. The van der Waals surface area contributed by atoms with E-state index >= 15 is 0 Å². The molecular weight excluding hydrogens is 386 g/mol. The SMILES string of the molecule is CCc1ccc(C(CNC(=O)c2cc(C3CC3)nc3c2cnn3C(C)C)N(C)C)cc1. The van der Waals surface area contributed by atoms with Crippen LogP contribution in [0.4, 0.5) is 0 Å². The van der Waals surface area contributed by atoms with Crippen LogP contribution in [0, 0.1) is 0 Å². The van der Waals surface area contributed by atoms with Crippen LogP contribution < -0.4 is 5.32 Å². The number of aryl methyl sites for hydroxylation is 1. The van der Waals surface area contributed by atoms with Crippen molar-refractivity contribution in [1.29, 1.82) is 0 Å². The third kappa shape index (κ3) is 4.49. The second-order valence-electron chi connectivity index (χ2n) is 9.07. The lowest BCUT2D eigenvalue weighted by Gasteiger charge is -2.25. The molecule has 2 heterocycles. The quantitative estimate of drug-likeness (QED) is 0.585.